The van der Waals surface area contributed by atoms with E-state index in [2.05, 4.69) is 26.7 Å². The Kier molecular flexibility index (Phi) is 5.26. The second-order valence-electron chi connectivity index (χ2n) is 5.66. The van der Waals surface area contributed by atoms with Gasteiger partial charge in [-0.2, -0.15) is 0 Å². The smallest absolute Gasteiger partial charge is 0.236 e. The Labute approximate surface area is 165 Å². The summed E-state index contributed by atoms with van der Waals surface area (Å²) < 4.78 is 13.1. The fourth-order valence-corrected chi connectivity index (χ4v) is 4.27. The van der Waals surface area contributed by atoms with Crippen LogP contribution in [0.3, 0.4) is 0 Å². The van der Waals surface area contributed by atoms with Crippen LogP contribution >= 0.6 is 23.1 Å². The summed E-state index contributed by atoms with van der Waals surface area (Å²) in [6.07, 6.45) is 1.70. The standard InChI is InChI=1S/C19H18N4O2S2/c1-3-23-17(14-7-4-5-8-15(14)24-2)21-22-19(23)27-12-13-11-25-18(20-13)16-9-6-10-26-16/h4-11H,3,12H2,1-2H3. The highest BCUT2D eigenvalue weighted by Gasteiger charge is 2.17. The normalized spacial score (nSPS) is 11.0. The van der Waals surface area contributed by atoms with Crippen molar-refractivity contribution < 1.29 is 9.15 Å². The SMILES string of the molecule is CCn1c(SCc2coc(-c3cccs3)n2)nnc1-c1ccccc1OC. The van der Waals surface area contributed by atoms with E-state index in [0.717, 1.165) is 39.4 Å². The van der Waals surface area contributed by atoms with Crippen LogP contribution in [-0.2, 0) is 12.3 Å². The van der Waals surface area contributed by atoms with Crippen LogP contribution in [0.2, 0.25) is 0 Å². The van der Waals surface area contributed by atoms with E-state index in [9.17, 15) is 0 Å². The second-order valence-corrected chi connectivity index (χ2v) is 7.55. The van der Waals surface area contributed by atoms with Crippen molar-refractivity contribution in [1.29, 1.82) is 0 Å². The molecule has 27 heavy (non-hydrogen) atoms. The van der Waals surface area contributed by atoms with Crippen molar-refractivity contribution in [1.82, 2.24) is 19.7 Å². The molecule has 0 aliphatic rings. The number of benzene rings is 1. The zero-order valence-electron chi connectivity index (χ0n) is 15.0. The fourth-order valence-electron chi connectivity index (χ4n) is 2.73. The molecule has 3 aromatic heterocycles. The number of thiophene rings is 1. The summed E-state index contributed by atoms with van der Waals surface area (Å²) in [5, 5.41) is 11.6. The molecular weight excluding hydrogens is 380 g/mol. The molecular formula is C19H18N4O2S2. The molecule has 1 aromatic carbocycles. The van der Waals surface area contributed by atoms with Gasteiger partial charge in [0, 0.05) is 12.3 Å². The van der Waals surface area contributed by atoms with Gasteiger partial charge in [-0.1, -0.05) is 30.0 Å². The average molecular weight is 399 g/mol. The van der Waals surface area contributed by atoms with Crippen LogP contribution in [0.15, 0.2) is 57.6 Å². The molecule has 0 N–H and O–H groups in total. The lowest BCUT2D eigenvalue weighted by Crippen LogP contribution is -2.01. The highest BCUT2D eigenvalue weighted by atomic mass is 32.2. The van der Waals surface area contributed by atoms with E-state index < -0.39 is 0 Å². The van der Waals surface area contributed by atoms with E-state index in [1.807, 2.05) is 41.8 Å². The lowest BCUT2D eigenvalue weighted by Gasteiger charge is -2.10. The number of hydrogen-bond acceptors (Lipinski definition) is 7. The quantitative estimate of drug-likeness (QED) is 0.409. The molecule has 8 heteroatoms. The molecule has 0 radical (unpaired) electrons. The molecule has 0 spiro atoms. The molecule has 0 fully saturated rings. The summed E-state index contributed by atoms with van der Waals surface area (Å²) in [4.78, 5) is 5.59. The van der Waals surface area contributed by atoms with Gasteiger partial charge in [-0.25, -0.2) is 4.98 Å². The number of thioether (sulfide) groups is 1. The van der Waals surface area contributed by atoms with Crippen molar-refractivity contribution in [3.8, 4) is 27.9 Å². The minimum Gasteiger partial charge on any atom is -0.496 e. The van der Waals surface area contributed by atoms with Crippen molar-refractivity contribution in [3.05, 3.63) is 53.7 Å². The molecule has 0 unspecified atom stereocenters. The van der Waals surface area contributed by atoms with Crippen molar-refractivity contribution in [2.24, 2.45) is 0 Å². The Hall–Kier alpha value is -2.58. The number of aromatic nitrogens is 4. The second kappa shape index (κ2) is 7.98. The maximum Gasteiger partial charge on any atom is 0.236 e. The molecule has 0 atom stereocenters. The van der Waals surface area contributed by atoms with E-state index in [1.54, 1.807) is 36.5 Å². The van der Waals surface area contributed by atoms with Gasteiger partial charge in [-0.15, -0.1) is 21.5 Å². The molecule has 6 nitrogen and oxygen atoms in total. The lowest BCUT2D eigenvalue weighted by molar-refractivity contribution is 0.416. The molecule has 0 saturated carbocycles. The summed E-state index contributed by atoms with van der Waals surface area (Å²) in [7, 11) is 1.66. The summed E-state index contributed by atoms with van der Waals surface area (Å²) in [6.45, 7) is 2.85. The summed E-state index contributed by atoms with van der Waals surface area (Å²) in [5.41, 5.74) is 1.82. The number of oxazole rings is 1. The third-order valence-corrected chi connectivity index (χ3v) is 5.87. The lowest BCUT2D eigenvalue weighted by atomic mass is 10.2. The Morgan fingerprint density at radius 1 is 1.19 bits per heavy atom. The van der Waals surface area contributed by atoms with Gasteiger partial charge in [0.25, 0.3) is 0 Å². The minimum absolute atomic E-state index is 0.660. The molecule has 3 heterocycles. The number of para-hydroxylation sites is 1. The Morgan fingerprint density at radius 3 is 2.85 bits per heavy atom. The monoisotopic (exact) mass is 398 g/mol. The molecule has 0 bridgehead atoms. The number of rotatable bonds is 7. The van der Waals surface area contributed by atoms with Gasteiger partial charge in [0.05, 0.1) is 23.2 Å². The summed E-state index contributed by atoms with van der Waals surface area (Å²) >= 11 is 3.21. The van der Waals surface area contributed by atoms with Crippen molar-refractivity contribution in [2.45, 2.75) is 24.4 Å². The van der Waals surface area contributed by atoms with E-state index >= 15 is 0 Å². The predicted octanol–water partition coefficient (Wildman–Crippen LogP) is 4.98. The van der Waals surface area contributed by atoms with Crippen LogP contribution in [0.1, 0.15) is 12.6 Å². The third-order valence-electron chi connectivity index (χ3n) is 4.01. The highest BCUT2D eigenvalue weighted by Crippen LogP contribution is 2.32. The number of methoxy groups -OCH3 is 1. The number of ether oxygens (including phenoxy) is 1. The van der Waals surface area contributed by atoms with E-state index in [0.29, 0.717) is 11.6 Å². The topological polar surface area (TPSA) is 66.0 Å². The minimum atomic E-state index is 0.660. The molecule has 0 amide bonds. The van der Waals surface area contributed by atoms with E-state index in [4.69, 9.17) is 9.15 Å². The fraction of sp³-hybridized carbons (Fsp3) is 0.211. The maximum atomic E-state index is 5.59. The van der Waals surface area contributed by atoms with Gasteiger partial charge < -0.3 is 13.7 Å². The van der Waals surface area contributed by atoms with Gasteiger partial charge in [0.1, 0.15) is 12.0 Å². The first-order valence-electron chi connectivity index (χ1n) is 8.47. The van der Waals surface area contributed by atoms with Gasteiger partial charge in [0.15, 0.2) is 11.0 Å². The maximum absolute atomic E-state index is 5.59. The zero-order chi connectivity index (χ0) is 18.6. The number of hydrogen-bond donors (Lipinski definition) is 0. The van der Waals surface area contributed by atoms with Gasteiger partial charge >= 0.3 is 0 Å². The Bertz CT molecular complexity index is 1020. The summed E-state index contributed by atoms with van der Waals surface area (Å²) in [5.74, 6) is 2.91. The van der Waals surface area contributed by atoms with Gasteiger partial charge in [0.2, 0.25) is 5.89 Å². The van der Waals surface area contributed by atoms with Crippen molar-refractivity contribution in [2.75, 3.05) is 7.11 Å². The van der Waals surface area contributed by atoms with Crippen LogP contribution in [0.4, 0.5) is 0 Å². The van der Waals surface area contributed by atoms with Crippen LogP contribution in [0, 0.1) is 0 Å². The van der Waals surface area contributed by atoms with Crippen molar-refractivity contribution in [3.63, 3.8) is 0 Å². The third kappa shape index (κ3) is 3.63. The molecule has 0 aliphatic carbocycles. The van der Waals surface area contributed by atoms with Gasteiger partial charge in [-0.3, -0.25) is 0 Å². The number of nitrogens with zero attached hydrogens (tertiary/aromatic N) is 4. The molecule has 4 rings (SSSR count). The molecule has 0 aliphatic heterocycles. The van der Waals surface area contributed by atoms with Crippen LogP contribution in [0.5, 0.6) is 5.75 Å². The zero-order valence-corrected chi connectivity index (χ0v) is 16.6. The predicted molar refractivity (Wildman–Crippen MR) is 107 cm³/mol. The molecule has 138 valence electrons. The Morgan fingerprint density at radius 2 is 2.07 bits per heavy atom. The van der Waals surface area contributed by atoms with Crippen LogP contribution in [-0.4, -0.2) is 26.9 Å². The Balaban J connectivity index is 1.54. The first-order valence-corrected chi connectivity index (χ1v) is 10.3. The highest BCUT2D eigenvalue weighted by molar-refractivity contribution is 7.98. The average Bonchev–Trinajstić information content (AvgIpc) is 3.46. The summed E-state index contributed by atoms with van der Waals surface area (Å²) in [6, 6.07) is 11.8. The first kappa shape index (κ1) is 17.8. The van der Waals surface area contributed by atoms with Gasteiger partial charge in [-0.05, 0) is 30.5 Å². The molecule has 0 saturated heterocycles. The molecule has 4 aromatic rings. The van der Waals surface area contributed by atoms with Crippen LogP contribution in [0.25, 0.3) is 22.2 Å². The van der Waals surface area contributed by atoms with Crippen molar-refractivity contribution >= 4 is 23.1 Å². The first-order chi connectivity index (χ1) is 13.3. The van der Waals surface area contributed by atoms with Crippen LogP contribution < -0.4 is 4.74 Å². The largest absolute Gasteiger partial charge is 0.496 e. The van der Waals surface area contributed by atoms with E-state index in [-0.39, 0.29) is 0 Å². The van der Waals surface area contributed by atoms with E-state index in [1.165, 1.54) is 0 Å².